The Morgan fingerprint density at radius 1 is 1.06 bits per heavy atom. The number of carbonyl (C=O) groups excluding carboxylic acids is 1. The maximum Gasteiger partial charge on any atom is 0.162 e. The average molecular weight is 457 g/mol. The molecule has 2 bridgehead atoms. The molecule has 3 aromatic rings. The number of carbonyl (C=O) groups is 1. The van der Waals surface area contributed by atoms with Gasteiger partial charge in [-0.15, -0.1) is 0 Å². The minimum absolute atomic E-state index is 0.103. The predicted octanol–water partition coefficient (Wildman–Crippen LogP) is 4.80. The lowest BCUT2D eigenvalue weighted by atomic mass is 9.67. The lowest BCUT2D eigenvalue weighted by molar-refractivity contribution is -0.149. The van der Waals surface area contributed by atoms with Gasteiger partial charge < -0.3 is 14.0 Å². The minimum Gasteiger partial charge on any atom is -0.350 e. The van der Waals surface area contributed by atoms with Gasteiger partial charge in [0.25, 0.3) is 0 Å². The Balaban J connectivity index is 1.53. The van der Waals surface area contributed by atoms with E-state index in [1.54, 1.807) is 0 Å². The van der Waals surface area contributed by atoms with E-state index in [-0.39, 0.29) is 30.2 Å². The van der Waals surface area contributed by atoms with E-state index in [2.05, 4.69) is 71.1 Å². The third kappa shape index (κ3) is 3.37. The van der Waals surface area contributed by atoms with Crippen LogP contribution in [0.5, 0.6) is 0 Å². The molecule has 4 heterocycles. The summed E-state index contributed by atoms with van der Waals surface area (Å²) in [5.74, 6) is 0.213. The standard InChI is InChI=1S/C29H32N2O3/c1-3-20(18-32)22-15-26-28-23(21-11-7-8-12-24(21)30(28)2)16-25(27(22)29-33-13-14-34-29)31(26)17-19-9-5-4-6-10-19/h3-12,18,22,25-27,29H,13-17H2,1-2H3/b20-3+/t22-,25-,26-,27-/m0/s1. The van der Waals surface area contributed by atoms with E-state index < -0.39 is 0 Å². The number of para-hydroxylation sites is 1. The summed E-state index contributed by atoms with van der Waals surface area (Å²) in [7, 11) is 2.20. The summed E-state index contributed by atoms with van der Waals surface area (Å²) >= 11 is 0. The van der Waals surface area contributed by atoms with Crippen LogP contribution in [-0.2, 0) is 34.3 Å². The highest BCUT2D eigenvalue weighted by atomic mass is 16.7. The third-order valence-electron chi connectivity index (χ3n) is 8.27. The van der Waals surface area contributed by atoms with Crippen LogP contribution in [0.2, 0.25) is 0 Å². The highest BCUT2D eigenvalue weighted by molar-refractivity contribution is 5.86. The number of aromatic nitrogens is 1. The van der Waals surface area contributed by atoms with Gasteiger partial charge in [0.2, 0.25) is 0 Å². The number of nitrogens with zero attached hydrogens (tertiary/aromatic N) is 2. The molecular formula is C29H32N2O3. The zero-order valence-corrected chi connectivity index (χ0v) is 19.9. The number of benzene rings is 2. The first-order valence-corrected chi connectivity index (χ1v) is 12.4. The number of hydrogen-bond acceptors (Lipinski definition) is 4. The number of hydrogen-bond donors (Lipinski definition) is 0. The van der Waals surface area contributed by atoms with Gasteiger partial charge in [-0.1, -0.05) is 54.6 Å². The summed E-state index contributed by atoms with van der Waals surface area (Å²) in [5.41, 5.74) is 6.31. The third-order valence-corrected chi connectivity index (χ3v) is 8.27. The second-order valence-electron chi connectivity index (χ2n) is 9.82. The van der Waals surface area contributed by atoms with Gasteiger partial charge in [0.15, 0.2) is 6.29 Å². The lowest BCUT2D eigenvalue weighted by Gasteiger charge is -2.54. The monoisotopic (exact) mass is 456 g/mol. The van der Waals surface area contributed by atoms with Crippen LogP contribution in [0, 0.1) is 11.8 Å². The molecule has 5 heteroatoms. The quantitative estimate of drug-likeness (QED) is 0.409. The maximum atomic E-state index is 12.2. The zero-order valence-electron chi connectivity index (χ0n) is 19.9. The number of fused-ring (bicyclic) bond motifs is 6. The molecule has 3 aliphatic heterocycles. The van der Waals surface area contributed by atoms with E-state index in [1.807, 2.05) is 13.0 Å². The van der Waals surface area contributed by atoms with Crippen molar-refractivity contribution in [3.8, 4) is 0 Å². The minimum atomic E-state index is -0.277. The van der Waals surface area contributed by atoms with E-state index >= 15 is 0 Å². The predicted molar refractivity (Wildman–Crippen MR) is 132 cm³/mol. The lowest BCUT2D eigenvalue weighted by Crippen LogP contribution is -2.57. The van der Waals surface area contributed by atoms with Crippen molar-refractivity contribution in [1.82, 2.24) is 9.47 Å². The van der Waals surface area contributed by atoms with Crippen molar-refractivity contribution in [3.63, 3.8) is 0 Å². The summed E-state index contributed by atoms with van der Waals surface area (Å²) in [4.78, 5) is 14.8. The normalized spacial score (nSPS) is 27.8. The smallest absolute Gasteiger partial charge is 0.162 e. The van der Waals surface area contributed by atoms with E-state index in [0.29, 0.717) is 13.2 Å². The molecule has 176 valence electrons. The molecule has 1 aromatic heterocycles. The topological polar surface area (TPSA) is 43.7 Å². The fourth-order valence-electron chi connectivity index (χ4n) is 6.83. The van der Waals surface area contributed by atoms with Crippen LogP contribution in [0.3, 0.4) is 0 Å². The van der Waals surface area contributed by atoms with Gasteiger partial charge in [-0.2, -0.15) is 0 Å². The molecule has 4 atom stereocenters. The summed E-state index contributed by atoms with van der Waals surface area (Å²) in [6.07, 6.45) is 4.58. The number of piperidine rings is 1. The molecule has 3 aliphatic rings. The van der Waals surface area contributed by atoms with Crippen molar-refractivity contribution >= 4 is 17.2 Å². The number of rotatable bonds is 5. The zero-order chi connectivity index (χ0) is 23.2. The van der Waals surface area contributed by atoms with Crippen molar-refractivity contribution in [3.05, 3.63) is 83.1 Å². The van der Waals surface area contributed by atoms with Gasteiger partial charge in [0, 0.05) is 42.1 Å². The first kappa shape index (κ1) is 21.8. The molecule has 2 aromatic carbocycles. The van der Waals surface area contributed by atoms with Gasteiger partial charge in [0.1, 0.15) is 6.29 Å². The highest BCUT2D eigenvalue weighted by Crippen LogP contribution is 2.52. The Morgan fingerprint density at radius 2 is 1.79 bits per heavy atom. The van der Waals surface area contributed by atoms with Crippen molar-refractivity contribution < 1.29 is 14.3 Å². The Bertz CT molecular complexity index is 1220. The molecule has 5 nitrogen and oxygen atoms in total. The fourth-order valence-corrected chi connectivity index (χ4v) is 6.83. The molecule has 6 rings (SSSR count). The maximum absolute atomic E-state index is 12.2. The molecule has 0 radical (unpaired) electrons. The molecule has 2 fully saturated rings. The second-order valence-corrected chi connectivity index (χ2v) is 9.82. The molecule has 0 aliphatic carbocycles. The van der Waals surface area contributed by atoms with Gasteiger partial charge in [-0.25, -0.2) is 0 Å². The van der Waals surface area contributed by atoms with E-state index in [0.717, 1.165) is 31.2 Å². The van der Waals surface area contributed by atoms with Crippen molar-refractivity contribution in [1.29, 1.82) is 0 Å². The fraction of sp³-hybridized carbons (Fsp3) is 0.414. The molecule has 0 saturated carbocycles. The van der Waals surface area contributed by atoms with Gasteiger partial charge in [-0.3, -0.25) is 9.69 Å². The molecule has 0 unspecified atom stereocenters. The van der Waals surface area contributed by atoms with Gasteiger partial charge in [-0.05, 0) is 48.4 Å². The van der Waals surface area contributed by atoms with Crippen molar-refractivity contribution in [2.24, 2.45) is 18.9 Å². The van der Waals surface area contributed by atoms with Gasteiger partial charge >= 0.3 is 0 Å². The second kappa shape index (κ2) is 8.81. The SMILES string of the molecule is C/C=C(\C=O)[C@@H]1C[C@H]2c3c(c4ccccc4n3C)C[C@@H]([C@H]1C1OCCO1)N2Cc1ccccc1. The molecule has 0 spiro atoms. The van der Waals surface area contributed by atoms with Gasteiger partial charge in [0.05, 0.1) is 19.3 Å². The van der Waals surface area contributed by atoms with Crippen LogP contribution < -0.4 is 0 Å². The molecule has 0 amide bonds. The van der Waals surface area contributed by atoms with Crippen LogP contribution in [0.4, 0.5) is 0 Å². The Hall–Kier alpha value is -2.73. The average Bonchev–Trinajstić information content (AvgIpc) is 3.49. The largest absolute Gasteiger partial charge is 0.350 e. The number of ether oxygens (including phenoxy) is 2. The summed E-state index contributed by atoms with van der Waals surface area (Å²) < 4.78 is 14.7. The highest BCUT2D eigenvalue weighted by Gasteiger charge is 2.53. The number of allylic oxidation sites excluding steroid dienone is 2. The van der Waals surface area contributed by atoms with Crippen LogP contribution in [0.1, 0.15) is 36.2 Å². The van der Waals surface area contributed by atoms with Crippen LogP contribution >= 0.6 is 0 Å². The Labute approximate surface area is 201 Å². The first-order chi connectivity index (χ1) is 16.7. The van der Waals surface area contributed by atoms with Crippen molar-refractivity contribution in [2.45, 2.75) is 44.7 Å². The molecule has 0 N–H and O–H groups in total. The molecule has 34 heavy (non-hydrogen) atoms. The summed E-state index contributed by atoms with van der Waals surface area (Å²) in [6, 6.07) is 19.9. The number of aryl methyl sites for hydroxylation is 1. The van der Waals surface area contributed by atoms with E-state index in [9.17, 15) is 4.79 Å². The van der Waals surface area contributed by atoms with Crippen LogP contribution in [0.25, 0.3) is 10.9 Å². The molecular weight excluding hydrogens is 424 g/mol. The van der Waals surface area contributed by atoms with E-state index in [1.165, 1.54) is 27.7 Å². The Kier molecular flexibility index (Phi) is 5.64. The van der Waals surface area contributed by atoms with Crippen molar-refractivity contribution in [2.75, 3.05) is 13.2 Å². The first-order valence-electron chi connectivity index (χ1n) is 12.4. The number of aldehydes is 1. The van der Waals surface area contributed by atoms with Crippen LogP contribution in [0.15, 0.2) is 66.2 Å². The van der Waals surface area contributed by atoms with Crippen LogP contribution in [-0.4, -0.2) is 41.3 Å². The summed E-state index contributed by atoms with van der Waals surface area (Å²) in [6.45, 7) is 4.09. The van der Waals surface area contributed by atoms with E-state index in [4.69, 9.17) is 9.47 Å². The Morgan fingerprint density at radius 3 is 2.53 bits per heavy atom. The molecule has 2 saturated heterocycles. The summed E-state index contributed by atoms with van der Waals surface area (Å²) in [5, 5.41) is 1.35.